The zero-order valence-electron chi connectivity index (χ0n) is 9.77. The molecule has 3 nitrogen and oxygen atoms in total. The fourth-order valence-electron chi connectivity index (χ4n) is 1.95. The summed E-state index contributed by atoms with van der Waals surface area (Å²) in [5.74, 6) is 0.518. The van der Waals surface area contributed by atoms with Crippen molar-refractivity contribution in [1.29, 1.82) is 0 Å². The van der Waals surface area contributed by atoms with Gasteiger partial charge in [-0.25, -0.2) is 4.98 Å². The number of aromatic amines is 1. The summed E-state index contributed by atoms with van der Waals surface area (Å²) in [6.45, 7) is 0. The lowest BCUT2D eigenvalue weighted by atomic mass is 10.1. The number of halogens is 2. The summed E-state index contributed by atoms with van der Waals surface area (Å²) in [7, 11) is 0. The maximum atomic E-state index is 10.3. The van der Waals surface area contributed by atoms with E-state index in [-0.39, 0.29) is 0 Å². The highest BCUT2D eigenvalue weighted by atomic mass is 79.9. The molecular formula is C14H10BrClN2O. The zero-order valence-corrected chi connectivity index (χ0v) is 12.1. The SMILES string of the molecule is O[C@H](c1ccc(Cl)cc1)c1nc2c(Br)cccc2[nH]1. The Morgan fingerprint density at radius 2 is 1.89 bits per heavy atom. The van der Waals surface area contributed by atoms with Crippen LogP contribution >= 0.6 is 27.5 Å². The van der Waals surface area contributed by atoms with Crippen LogP contribution in [0.3, 0.4) is 0 Å². The van der Waals surface area contributed by atoms with Crippen LogP contribution in [0.2, 0.25) is 5.02 Å². The monoisotopic (exact) mass is 336 g/mol. The first-order valence-electron chi connectivity index (χ1n) is 5.73. The Balaban J connectivity index is 2.04. The van der Waals surface area contributed by atoms with Gasteiger partial charge in [0, 0.05) is 9.50 Å². The molecule has 0 radical (unpaired) electrons. The van der Waals surface area contributed by atoms with Crippen LogP contribution in [-0.2, 0) is 0 Å². The fourth-order valence-corrected chi connectivity index (χ4v) is 2.53. The van der Waals surface area contributed by atoms with Crippen molar-refractivity contribution >= 4 is 38.6 Å². The number of nitrogens with one attached hydrogen (secondary N) is 1. The number of aliphatic hydroxyl groups is 1. The molecule has 1 atom stereocenters. The highest BCUT2D eigenvalue weighted by molar-refractivity contribution is 9.10. The molecule has 0 aliphatic rings. The predicted molar refractivity (Wildman–Crippen MR) is 79.3 cm³/mol. The average molecular weight is 338 g/mol. The van der Waals surface area contributed by atoms with Crippen molar-refractivity contribution in [3.05, 3.63) is 63.3 Å². The Bertz CT molecular complexity index is 724. The van der Waals surface area contributed by atoms with Gasteiger partial charge in [-0.3, -0.25) is 0 Å². The molecule has 0 saturated carbocycles. The lowest BCUT2D eigenvalue weighted by molar-refractivity contribution is 0.211. The van der Waals surface area contributed by atoms with E-state index in [0.29, 0.717) is 10.8 Å². The minimum absolute atomic E-state index is 0.518. The zero-order chi connectivity index (χ0) is 13.4. The number of para-hydroxylation sites is 1. The van der Waals surface area contributed by atoms with Crippen LogP contribution in [0, 0.1) is 0 Å². The molecule has 2 N–H and O–H groups in total. The molecule has 2 aromatic carbocycles. The second-order valence-corrected chi connectivity index (χ2v) is 5.50. The number of nitrogens with zero attached hydrogens (tertiary/aromatic N) is 1. The lowest BCUT2D eigenvalue weighted by Gasteiger charge is -2.07. The topological polar surface area (TPSA) is 48.9 Å². The van der Waals surface area contributed by atoms with Gasteiger partial charge in [-0.1, -0.05) is 29.8 Å². The summed E-state index contributed by atoms with van der Waals surface area (Å²) in [5, 5.41) is 11.0. The van der Waals surface area contributed by atoms with Crippen molar-refractivity contribution in [3.63, 3.8) is 0 Å². The number of benzene rings is 2. The van der Waals surface area contributed by atoms with E-state index in [1.807, 2.05) is 18.2 Å². The molecule has 0 aliphatic carbocycles. The van der Waals surface area contributed by atoms with Crippen molar-refractivity contribution in [1.82, 2.24) is 9.97 Å². The van der Waals surface area contributed by atoms with Crippen LogP contribution in [0.25, 0.3) is 11.0 Å². The summed E-state index contributed by atoms with van der Waals surface area (Å²) in [5.41, 5.74) is 2.45. The van der Waals surface area contributed by atoms with Crippen LogP contribution in [-0.4, -0.2) is 15.1 Å². The van der Waals surface area contributed by atoms with E-state index >= 15 is 0 Å². The third-order valence-corrected chi connectivity index (χ3v) is 3.82. The number of hydrogen-bond donors (Lipinski definition) is 2. The molecule has 3 aromatic rings. The van der Waals surface area contributed by atoms with E-state index in [1.165, 1.54) is 0 Å². The van der Waals surface area contributed by atoms with Crippen LogP contribution in [0.5, 0.6) is 0 Å². The van der Waals surface area contributed by atoms with E-state index < -0.39 is 6.10 Å². The van der Waals surface area contributed by atoms with E-state index in [4.69, 9.17) is 11.6 Å². The van der Waals surface area contributed by atoms with E-state index in [2.05, 4.69) is 25.9 Å². The number of imidazole rings is 1. The Kier molecular flexibility index (Phi) is 3.31. The van der Waals surface area contributed by atoms with Gasteiger partial charge in [0.05, 0.1) is 5.52 Å². The molecule has 1 aromatic heterocycles. The van der Waals surface area contributed by atoms with Gasteiger partial charge in [0.2, 0.25) is 0 Å². The normalized spacial score (nSPS) is 12.8. The molecule has 0 fully saturated rings. The largest absolute Gasteiger partial charge is 0.380 e. The first kappa shape index (κ1) is 12.7. The predicted octanol–water partition coefficient (Wildman–Crippen LogP) is 4.06. The summed E-state index contributed by atoms with van der Waals surface area (Å²) in [6, 6.07) is 12.8. The van der Waals surface area contributed by atoms with E-state index in [1.54, 1.807) is 24.3 Å². The summed E-state index contributed by atoms with van der Waals surface area (Å²) >= 11 is 9.28. The summed E-state index contributed by atoms with van der Waals surface area (Å²) in [6.07, 6.45) is -0.795. The number of aliphatic hydroxyl groups excluding tert-OH is 1. The maximum absolute atomic E-state index is 10.3. The highest BCUT2D eigenvalue weighted by Crippen LogP contribution is 2.26. The molecule has 19 heavy (non-hydrogen) atoms. The third-order valence-electron chi connectivity index (χ3n) is 2.93. The molecule has 0 aliphatic heterocycles. The molecule has 0 unspecified atom stereocenters. The van der Waals surface area contributed by atoms with Crippen LogP contribution in [0.15, 0.2) is 46.9 Å². The molecule has 0 spiro atoms. The number of H-pyrrole nitrogens is 1. The molecule has 1 heterocycles. The Hall–Kier alpha value is -1.36. The molecule has 5 heteroatoms. The van der Waals surface area contributed by atoms with Gasteiger partial charge in [0.1, 0.15) is 17.4 Å². The first-order chi connectivity index (χ1) is 9.15. The quantitative estimate of drug-likeness (QED) is 0.741. The Labute approximate surface area is 123 Å². The molecule has 96 valence electrons. The van der Waals surface area contributed by atoms with Crippen molar-refractivity contribution in [2.75, 3.05) is 0 Å². The average Bonchev–Trinajstić information content (AvgIpc) is 2.84. The minimum atomic E-state index is -0.795. The van der Waals surface area contributed by atoms with E-state index in [9.17, 15) is 5.11 Å². The third kappa shape index (κ3) is 2.39. The standard InChI is InChI=1S/C14H10BrClN2O/c15-10-2-1-3-11-12(10)18-14(17-11)13(19)8-4-6-9(16)7-5-8/h1-7,13,19H,(H,17,18)/t13-/m1/s1. The second kappa shape index (κ2) is 4.96. The van der Waals surface area contributed by atoms with Crippen LogP contribution in [0.1, 0.15) is 17.5 Å². The van der Waals surface area contributed by atoms with Gasteiger partial charge >= 0.3 is 0 Å². The Morgan fingerprint density at radius 3 is 2.58 bits per heavy atom. The van der Waals surface area contributed by atoms with Gasteiger partial charge in [-0.2, -0.15) is 0 Å². The summed E-state index contributed by atoms with van der Waals surface area (Å²) in [4.78, 5) is 7.55. The Morgan fingerprint density at radius 1 is 1.16 bits per heavy atom. The van der Waals surface area contributed by atoms with Gasteiger partial charge in [0.25, 0.3) is 0 Å². The van der Waals surface area contributed by atoms with Crippen molar-refractivity contribution < 1.29 is 5.11 Å². The van der Waals surface area contributed by atoms with Gasteiger partial charge < -0.3 is 10.1 Å². The van der Waals surface area contributed by atoms with Crippen molar-refractivity contribution in [3.8, 4) is 0 Å². The molecule has 3 rings (SSSR count). The fraction of sp³-hybridized carbons (Fsp3) is 0.0714. The van der Waals surface area contributed by atoms with Crippen molar-refractivity contribution in [2.24, 2.45) is 0 Å². The number of aromatic nitrogens is 2. The molecule has 0 bridgehead atoms. The maximum Gasteiger partial charge on any atom is 0.140 e. The highest BCUT2D eigenvalue weighted by Gasteiger charge is 2.15. The first-order valence-corrected chi connectivity index (χ1v) is 6.90. The molecule has 0 saturated heterocycles. The summed E-state index contributed by atoms with van der Waals surface area (Å²) < 4.78 is 0.899. The number of hydrogen-bond acceptors (Lipinski definition) is 2. The van der Waals surface area contributed by atoms with Crippen LogP contribution < -0.4 is 0 Å². The molecular weight excluding hydrogens is 328 g/mol. The smallest absolute Gasteiger partial charge is 0.140 e. The van der Waals surface area contributed by atoms with Gasteiger partial charge in [0.15, 0.2) is 0 Å². The van der Waals surface area contributed by atoms with Gasteiger partial charge in [-0.15, -0.1) is 0 Å². The lowest BCUT2D eigenvalue weighted by Crippen LogP contribution is -2.01. The molecule has 0 amide bonds. The van der Waals surface area contributed by atoms with E-state index in [0.717, 1.165) is 21.1 Å². The van der Waals surface area contributed by atoms with Gasteiger partial charge in [-0.05, 0) is 45.8 Å². The minimum Gasteiger partial charge on any atom is -0.380 e. The van der Waals surface area contributed by atoms with Crippen LogP contribution in [0.4, 0.5) is 0 Å². The number of fused-ring (bicyclic) bond motifs is 1. The number of rotatable bonds is 2. The second-order valence-electron chi connectivity index (χ2n) is 4.21. The van der Waals surface area contributed by atoms with Crippen molar-refractivity contribution in [2.45, 2.75) is 6.10 Å².